The first-order chi connectivity index (χ1) is 9.66. The zero-order chi connectivity index (χ0) is 14.4. The summed E-state index contributed by atoms with van der Waals surface area (Å²) in [4.78, 5) is 15.9. The molecule has 1 aromatic heterocycles. The van der Waals surface area contributed by atoms with Crippen molar-refractivity contribution < 1.29 is 9.53 Å². The van der Waals surface area contributed by atoms with E-state index >= 15 is 0 Å². The van der Waals surface area contributed by atoms with E-state index < -0.39 is 0 Å². The Balaban J connectivity index is 1.73. The zero-order valence-electron chi connectivity index (χ0n) is 11.2. The van der Waals surface area contributed by atoms with Crippen molar-refractivity contribution in [3.8, 4) is 0 Å². The Bertz CT molecular complexity index is 464. The topological polar surface area (TPSA) is 51.2 Å². The van der Waals surface area contributed by atoms with Gasteiger partial charge in [0.1, 0.15) is 5.15 Å². The van der Waals surface area contributed by atoms with Crippen molar-refractivity contribution in [2.24, 2.45) is 0 Å². The molecule has 1 heterocycles. The quantitative estimate of drug-likeness (QED) is 0.644. The average molecular weight is 362 g/mol. The first-order valence-corrected chi connectivity index (χ1v) is 8.05. The summed E-state index contributed by atoms with van der Waals surface area (Å²) >= 11 is 9.17. The van der Waals surface area contributed by atoms with E-state index in [1.54, 1.807) is 12.3 Å². The van der Waals surface area contributed by atoms with Crippen molar-refractivity contribution in [2.45, 2.75) is 38.2 Å². The fraction of sp³-hybridized carbons (Fsp3) is 0.571. The standard InChI is InChI=1S/C14H18BrClN2O2/c15-10-8-12(13(16)18-9-10)14(19)17-6-7-20-11-4-2-1-3-5-11/h8-9,11H,1-7H2,(H,17,19). The third-order valence-corrected chi connectivity index (χ3v) is 4.08. The van der Waals surface area contributed by atoms with Gasteiger partial charge in [0.15, 0.2) is 0 Å². The summed E-state index contributed by atoms with van der Waals surface area (Å²) in [7, 11) is 0. The van der Waals surface area contributed by atoms with Crippen LogP contribution in [0.15, 0.2) is 16.7 Å². The molecule has 0 saturated heterocycles. The van der Waals surface area contributed by atoms with Gasteiger partial charge in [-0.05, 0) is 34.8 Å². The normalized spacial score (nSPS) is 16.1. The number of rotatable bonds is 5. The van der Waals surface area contributed by atoms with E-state index in [2.05, 4.69) is 26.2 Å². The molecule has 0 spiro atoms. The van der Waals surface area contributed by atoms with Gasteiger partial charge in [0, 0.05) is 17.2 Å². The Kier molecular flexibility index (Phi) is 6.26. The highest BCUT2D eigenvalue weighted by Gasteiger charge is 2.14. The summed E-state index contributed by atoms with van der Waals surface area (Å²) in [6.07, 6.45) is 7.99. The number of nitrogens with zero attached hydrogens (tertiary/aromatic N) is 1. The lowest BCUT2D eigenvalue weighted by Gasteiger charge is -2.22. The van der Waals surface area contributed by atoms with Gasteiger partial charge in [-0.25, -0.2) is 4.98 Å². The van der Waals surface area contributed by atoms with E-state index in [-0.39, 0.29) is 11.1 Å². The van der Waals surface area contributed by atoms with Gasteiger partial charge < -0.3 is 10.1 Å². The lowest BCUT2D eigenvalue weighted by Crippen LogP contribution is -2.29. The molecule has 6 heteroatoms. The maximum Gasteiger partial charge on any atom is 0.254 e. The molecule has 0 atom stereocenters. The van der Waals surface area contributed by atoms with Gasteiger partial charge >= 0.3 is 0 Å². The second-order valence-electron chi connectivity index (χ2n) is 4.88. The predicted molar refractivity (Wildman–Crippen MR) is 82.1 cm³/mol. The Labute approximate surface area is 132 Å². The lowest BCUT2D eigenvalue weighted by atomic mass is 9.98. The number of halogens is 2. The number of carbonyl (C=O) groups is 1. The summed E-state index contributed by atoms with van der Waals surface area (Å²) < 4.78 is 6.48. The van der Waals surface area contributed by atoms with Crippen LogP contribution < -0.4 is 5.32 Å². The Morgan fingerprint density at radius 3 is 2.95 bits per heavy atom. The van der Waals surface area contributed by atoms with E-state index in [1.165, 1.54) is 19.3 Å². The zero-order valence-corrected chi connectivity index (χ0v) is 13.5. The van der Waals surface area contributed by atoms with Gasteiger partial charge in [-0.2, -0.15) is 0 Å². The monoisotopic (exact) mass is 360 g/mol. The van der Waals surface area contributed by atoms with Crippen molar-refractivity contribution >= 4 is 33.4 Å². The van der Waals surface area contributed by atoms with Crippen LogP contribution in [-0.4, -0.2) is 30.1 Å². The van der Waals surface area contributed by atoms with Crippen LogP contribution in [-0.2, 0) is 4.74 Å². The second kappa shape index (κ2) is 7.96. The summed E-state index contributed by atoms with van der Waals surface area (Å²) in [5, 5.41) is 3.00. The fourth-order valence-corrected chi connectivity index (χ4v) is 2.82. The molecular weight excluding hydrogens is 344 g/mol. The number of carbonyl (C=O) groups excluding carboxylic acids is 1. The summed E-state index contributed by atoms with van der Waals surface area (Å²) in [5.74, 6) is -0.226. The molecule has 1 aromatic rings. The van der Waals surface area contributed by atoms with Crippen molar-refractivity contribution in [1.82, 2.24) is 10.3 Å². The van der Waals surface area contributed by atoms with Crippen LogP contribution in [0.4, 0.5) is 0 Å². The molecule has 0 aliphatic heterocycles. The number of pyridine rings is 1. The van der Waals surface area contributed by atoms with E-state index in [0.29, 0.717) is 24.8 Å². The lowest BCUT2D eigenvalue weighted by molar-refractivity contribution is 0.0299. The van der Waals surface area contributed by atoms with Crippen molar-refractivity contribution in [2.75, 3.05) is 13.2 Å². The largest absolute Gasteiger partial charge is 0.376 e. The smallest absolute Gasteiger partial charge is 0.254 e. The van der Waals surface area contributed by atoms with Crippen molar-refractivity contribution in [3.05, 3.63) is 27.5 Å². The first-order valence-electron chi connectivity index (χ1n) is 6.87. The van der Waals surface area contributed by atoms with Gasteiger partial charge in [0.05, 0.1) is 18.3 Å². The van der Waals surface area contributed by atoms with Crippen LogP contribution in [0.25, 0.3) is 0 Å². The molecule has 0 radical (unpaired) electrons. The maximum atomic E-state index is 12.0. The number of aromatic nitrogens is 1. The number of amides is 1. The molecule has 0 unspecified atom stereocenters. The van der Waals surface area contributed by atoms with E-state index in [0.717, 1.165) is 17.3 Å². The SMILES string of the molecule is O=C(NCCOC1CCCCC1)c1cc(Br)cnc1Cl. The average Bonchev–Trinajstić information content (AvgIpc) is 2.47. The van der Waals surface area contributed by atoms with Crippen molar-refractivity contribution in [1.29, 1.82) is 0 Å². The second-order valence-corrected chi connectivity index (χ2v) is 6.15. The molecule has 20 heavy (non-hydrogen) atoms. The molecule has 1 N–H and O–H groups in total. The van der Waals surface area contributed by atoms with E-state index in [9.17, 15) is 4.79 Å². The molecule has 1 saturated carbocycles. The van der Waals surface area contributed by atoms with Crippen LogP contribution in [0.3, 0.4) is 0 Å². The van der Waals surface area contributed by atoms with Crippen LogP contribution in [0.5, 0.6) is 0 Å². The van der Waals surface area contributed by atoms with E-state index in [4.69, 9.17) is 16.3 Å². The number of hydrogen-bond donors (Lipinski definition) is 1. The molecule has 0 aromatic carbocycles. The Morgan fingerprint density at radius 1 is 1.45 bits per heavy atom. The minimum Gasteiger partial charge on any atom is -0.376 e. The summed E-state index contributed by atoms with van der Waals surface area (Å²) in [6, 6.07) is 1.66. The molecule has 1 aliphatic rings. The van der Waals surface area contributed by atoms with Gasteiger partial charge in [-0.3, -0.25) is 4.79 Å². The third kappa shape index (κ3) is 4.72. The highest BCUT2D eigenvalue weighted by Crippen LogP contribution is 2.20. The minimum absolute atomic E-state index is 0.207. The number of nitrogens with one attached hydrogen (secondary N) is 1. The van der Waals surface area contributed by atoms with Gasteiger partial charge in [-0.15, -0.1) is 0 Å². The molecule has 1 aliphatic carbocycles. The van der Waals surface area contributed by atoms with E-state index in [1.807, 2.05) is 0 Å². The highest BCUT2D eigenvalue weighted by molar-refractivity contribution is 9.10. The predicted octanol–water partition coefficient (Wildman–Crippen LogP) is 3.58. The minimum atomic E-state index is -0.226. The fourth-order valence-electron chi connectivity index (χ4n) is 2.30. The van der Waals surface area contributed by atoms with Crippen LogP contribution >= 0.6 is 27.5 Å². The first kappa shape index (κ1) is 15.7. The maximum absolute atomic E-state index is 12.0. The Hall–Kier alpha value is -0.650. The molecule has 1 fully saturated rings. The molecular formula is C14H18BrClN2O2. The summed E-state index contributed by atoms with van der Waals surface area (Å²) in [6.45, 7) is 1.02. The molecule has 0 bridgehead atoms. The van der Waals surface area contributed by atoms with Gasteiger partial charge in [-0.1, -0.05) is 30.9 Å². The summed E-state index contributed by atoms with van der Waals surface area (Å²) in [5.41, 5.74) is 0.374. The van der Waals surface area contributed by atoms with Crippen molar-refractivity contribution in [3.63, 3.8) is 0 Å². The third-order valence-electron chi connectivity index (χ3n) is 3.34. The van der Waals surface area contributed by atoms with Crippen LogP contribution in [0, 0.1) is 0 Å². The molecule has 2 rings (SSSR count). The number of hydrogen-bond acceptors (Lipinski definition) is 3. The van der Waals surface area contributed by atoms with Gasteiger partial charge in [0.2, 0.25) is 0 Å². The molecule has 1 amide bonds. The van der Waals surface area contributed by atoms with Gasteiger partial charge in [0.25, 0.3) is 5.91 Å². The Morgan fingerprint density at radius 2 is 2.20 bits per heavy atom. The highest BCUT2D eigenvalue weighted by atomic mass is 79.9. The molecule has 4 nitrogen and oxygen atoms in total. The number of ether oxygens (including phenoxy) is 1. The molecule has 110 valence electrons. The van der Waals surface area contributed by atoms with Crippen LogP contribution in [0.2, 0.25) is 5.15 Å². The van der Waals surface area contributed by atoms with Crippen LogP contribution in [0.1, 0.15) is 42.5 Å².